The first-order valence-electron chi connectivity index (χ1n) is 5.23. The van der Waals surface area contributed by atoms with Crippen LogP contribution in [-0.2, 0) is 0 Å². The molecular weight excluding hydrogens is 212 g/mol. The molecule has 0 spiro atoms. The van der Waals surface area contributed by atoms with Gasteiger partial charge in [-0.15, -0.1) is 0 Å². The molecule has 16 heavy (non-hydrogen) atoms. The van der Waals surface area contributed by atoms with Gasteiger partial charge in [-0.25, -0.2) is 8.78 Å². The molecule has 2 N–H and O–H groups in total. The van der Waals surface area contributed by atoms with E-state index >= 15 is 0 Å². The molecule has 1 aromatic carbocycles. The zero-order valence-electron chi connectivity index (χ0n) is 9.17. The van der Waals surface area contributed by atoms with Crippen molar-refractivity contribution in [1.29, 1.82) is 0 Å². The number of hydrogen-bond donors (Lipinski definition) is 1. The van der Waals surface area contributed by atoms with E-state index in [0.29, 0.717) is 13.0 Å². The van der Waals surface area contributed by atoms with Crippen LogP contribution in [0, 0.1) is 17.6 Å². The molecule has 1 aromatic rings. The molecule has 0 aliphatic carbocycles. The van der Waals surface area contributed by atoms with E-state index in [2.05, 4.69) is 0 Å². The van der Waals surface area contributed by atoms with Gasteiger partial charge in [-0.1, -0.05) is 13.0 Å². The quantitative estimate of drug-likeness (QED) is 0.785. The van der Waals surface area contributed by atoms with Crippen molar-refractivity contribution in [2.45, 2.75) is 19.8 Å². The number of carbonyl (C=O) groups is 1. The van der Waals surface area contributed by atoms with Crippen LogP contribution in [0.4, 0.5) is 8.78 Å². The smallest absolute Gasteiger partial charge is 0.168 e. The number of Topliss-reactive ketones (excluding diaryl/α,β-unsaturated/α-hetero) is 1. The third-order valence-electron chi connectivity index (χ3n) is 2.51. The SMILES string of the molecule is CC(CN)CCC(=O)c1c(F)cccc1F. The van der Waals surface area contributed by atoms with E-state index in [-0.39, 0.29) is 12.3 Å². The molecule has 0 aromatic heterocycles. The van der Waals surface area contributed by atoms with Gasteiger partial charge in [0.05, 0.1) is 5.56 Å². The first-order valence-corrected chi connectivity index (χ1v) is 5.23. The topological polar surface area (TPSA) is 43.1 Å². The molecular formula is C12H15F2NO. The van der Waals surface area contributed by atoms with E-state index in [0.717, 1.165) is 12.1 Å². The minimum absolute atomic E-state index is 0.121. The molecule has 1 atom stereocenters. The summed E-state index contributed by atoms with van der Waals surface area (Å²) in [6.07, 6.45) is 0.666. The molecule has 88 valence electrons. The maximum Gasteiger partial charge on any atom is 0.168 e. The Morgan fingerprint density at radius 1 is 1.38 bits per heavy atom. The van der Waals surface area contributed by atoms with Crippen LogP contribution < -0.4 is 5.73 Å². The first kappa shape index (κ1) is 12.8. The summed E-state index contributed by atoms with van der Waals surface area (Å²) in [7, 11) is 0. The van der Waals surface area contributed by atoms with Gasteiger partial charge in [-0.3, -0.25) is 4.79 Å². The summed E-state index contributed by atoms with van der Waals surface area (Å²) in [5, 5.41) is 0. The molecule has 0 amide bonds. The van der Waals surface area contributed by atoms with Crippen molar-refractivity contribution in [3.05, 3.63) is 35.4 Å². The van der Waals surface area contributed by atoms with Gasteiger partial charge in [0.25, 0.3) is 0 Å². The Kier molecular flexibility index (Phi) is 4.55. The Morgan fingerprint density at radius 2 is 1.94 bits per heavy atom. The lowest BCUT2D eigenvalue weighted by Crippen LogP contribution is -2.13. The standard InChI is InChI=1S/C12H15F2NO/c1-8(7-15)5-6-11(16)12-9(13)3-2-4-10(12)14/h2-4,8H,5-7,15H2,1H3. The van der Waals surface area contributed by atoms with Crippen LogP contribution >= 0.6 is 0 Å². The highest BCUT2D eigenvalue weighted by Gasteiger charge is 2.17. The third kappa shape index (κ3) is 3.10. The van der Waals surface area contributed by atoms with Crippen LogP contribution in [0.2, 0.25) is 0 Å². The van der Waals surface area contributed by atoms with Crippen molar-refractivity contribution in [1.82, 2.24) is 0 Å². The molecule has 0 saturated carbocycles. The summed E-state index contributed by atoms with van der Waals surface area (Å²) < 4.78 is 26.4. The Morgan fingerprint density at radius 3 is 2.44 bits per heavy atom. The molecule has 0 fully saturated rings. The molecule has 4 heteroatoms. The maximum atomic E-state index is 13.2. The van der Waals surface area contributed by atoms with E-state index in [4.69, 9.17) is 5.73 Å². The molecule has 0 aliphatic heterocycles. The van der Waals surface area contributed by atoms with E-state index < -0.39 is 23.0 Å². The second-order valence-electron chi connectivity index (χ2n) is 3.90. The van der Waals surface area contributed by atoms with Crippen LogP contribution in [0.1, 0.15) is 30.1 Å². The molecule has 0 aliphatic rings. The Labute approximate surface area is 93.5 Å². The third-order valence-corrected chi connectivity index (χ3v) is 2.51. The predicted octanol–water partition coefficient (Wildman–Crippen LogP) is 2.52. The summed E-state index contributed by atoms with van der Waals surface area (Å²) in [5.74, 6) is -1.93. The summed E-state index contributed by atoms with van der Waals surface area (Å²) in [4.78, 5) is 11.6. The second kappa shape index (κ2) is 5.70. The van der Waals surface area contributed by atoms with E-state index in [9.17, 15) is 13.6 Å². The molecule has 0 heterocycles. The van der Waals surface area contributed by atoms with Crippen molar-refractivity contribution in [2.75, 3.05) is 6.54 Å². The second-order valence-corrected chi connectivity index (χ2v) is 3.90. The van der Waals surface area contributed by atoms with E-state index in [1.54, 1.807) is 0 Å². The number of carbonyl (C=O) groups excluding carboxylic acids is 1. The monoisotopic (exact) mass is 227 g/mol. The average molecular weight is 227 g/mol. The van der Waals surface area contributed by atoms with Crippen molar-refractivity contribution < 1.29 is 13.6 Å². The van der Waals surface area contributed by atoms with Crippen LogP contribution in [0.15, 0.2) is 18.2 Å². The van der Waals surface area contributed by atoms with Crippen molar-refractivity contribution >= 4 is 5.78 Å². The molecule has 2 nitrogen and oxygen atoms in total. The minimum atomic E-state index is -0.801. The fraction of sp³-hybridized carbons (Fsp3) is 0.417. The predicted molar refractivity (Wildman–Crippen MR) is 58.1 cm³/mol. The van der Waals surface area contributed by atoms with Gasteiger partial charge < -0.3 is 5.73 Å². The Bertz CT molecular complexity index is 359. The lowest BCUT2D eigenvalue weighted by molar-refractivity contribution is 0.0967. The largest absolute Gasteiger partial charge is 0.330 e. The zero-order chi connectivity index (χ0) is 12.1. The molecule has 1 unspecified atom stereocenters. The van der Waals surface area contributed by atoms with Crippen LogP contribution in [0.25, 0.3) is 0 Å². The summed E-state index contributed by atoms with van der Waals surface area (Å²) in [5.41, 5.74) is 4.96. The zero-order valence-corrected chi connectivity index (χ0v) is 9.17. The van der Waals surface area contributed by atoms with Gasteiger partial charge in [0.15, 0.2) is 5.78 Å². The Balaban J connectivity index is 2.73. The number of rotatable bonds is 5. The number of benzene rings is 1. The Hall–Kier alpha value is -1.29. The first-order chi connectivity index (χ1) is 7.56. The molecule has 1 rings (SSSR count). The average Bonchev–Trinajstić information content (AvgIpc) is 2.25. The van der Waals surface area contributed by atoms with E-state index in [1.165, 1.54) is 6.07 Å². The fourth-order valence-electron chi connectivity index (χ4n) is 1.38. The summed E-state index contributed by atoms with van der Waals surface area (Å²) >= 11 is 0. The summed E-state index contributed by atoms with van der Waals surface area (Å²) in [6.45, 7) is 2.36. The van der Waals surface area contributed by atoms with Crippen LogP contribution in [0.5, 0.6) is 0 Å². The lowest BCUT2D eigenvalue weighted by Gasteiger charge is -2.08. The lowest BCUT2D eigenvalue weighted by atomic mass is 9.99. The van der Waals surface area contributed by atoms with Gasteiger partial charge in [-0.2, -0.15) is 0 Å². The summed E-state index contributed by atoms with van der Waals surface area (Å²) in [6, 6.07) is 3.41. The minimum Gasteiger partial charge on any atom is -0.330 e. The number of halogens is 2. The highest BCUT2D eigenvalue weighted by Crippen LogP contribution is 2.16. The number of ketones is 1. The van der Waals surface area contributed by atoms with Crippen molar-refractivity contribution in [2.24, 2.45) is 11.7 Å². The number of hydrogen-bond acceptors (Lipinski definition) is 2. The van der Waals surface area contributed by atoms with Gasteiger partial charge in [-0.05, 0) is 31.0 Å². The molecule has 0 saturated heterocycles. The van der Waals surface area contributed by atoms with Crippen molar-refractivity contribution in [3.63, 3.8) is 0 Å². The van der Waals surface area contributed by atoms with Gasteiger partial charge in [0.1, 0.15) is 11.6 Å². The van der Waals surface area contributed by atoms with Gasteiger partial charge in [0.2, 0.25) is 0 Å². The van der Waals surface area contributed by atoms with Crippen molar-refractivity contribution in [3.8, 4) is 0 Å². The van der Waals surface area contributed by atoms with Gasteiger partial charge >= 0.3 is 0 Å². The van der Waals surface area contributed by atoms with Gasteiger partial charge in [0, 0.05) is 6.42 Å². The molecule has 0 bridgehead atoms. The van der Waals surface area contributed by atoms with Crippen LogP contribution in [0.3, 0.4) is 0 Å². The maximum absolute atomic E-state index is 13.2. The number of nitrogens with two attached hydrogens (primary N) is 1. The molecule has 0 radical (unpaired) electrons. The van der Waals surface area contributed by atoms with Crippen LogP contribution in [-0.4, -0.2) is 12.3 Å². The highest BCUT2D eigenvalue weighted by molar-refractivity contribution is 5.96. The fourth-order valence-corrected chi connectivity index (χ4v) is 1.38. The highest BCUT2D eigenvalue weighted by atomic mass is 19.1. The van der Waals surface area contributed by atoms with E-state index in [1.807, 2.05) is 6.92 Å². The normalized spacial score (nSPS) is 12.5.